The molecule has 1 aromatic rings. The molecule has 1 aromatic heterocycles. The van der Waals surface area contributed by atoms with Gasteiger partial charge in [-0.2, -0.15) is 4.39 Å². The molecule has 0 radical (unpaired) electrons. The second-order valence-corrected chi connectivity index (χ2v) is 3.77. The lowest BCUT2D eigenvalue weighted by molar-refractivity contribution is 0.583. The first-order chi connectivity index (χ1) is 6.24. The molecule has 1 rings (SSSR count). The molecule has 1 heterocycles. The molecule has 0 atom stereocenters. The molecule has 0 aliphatic carbocycles. The van der Waals surface area contributed by atoms with E-state index in [0.29, 0.717) is 0 Å². The van der Waals surface area contributed by atoms with Crippen molar-refractivity contribution in [3.8, 4) is 0 Å². The van der Waals surface area contributed by atoms with E-state index in [1.807, 2.05) is 6.92 Å². The lowest BCUT2D eigenvalue weighted by atomic mass is 10.2. The van der Waals surface area contributed by atoms with E-state index >= 15 is 0 Å². The molecular formula is C10H12FNS. The first-order valence-corrected chi connectivity index (χ1v) is 5.19. The van der Waals surface area contributed by atoms with Crippen LogP contribution in [0.15, 0.2) is 23.7 Å². The number of allylic oxidation sites excluding steroid dienone is 1. The van der Waals surface area contributed by atoms with Gasteiger partial charge in [-0.05, 0) is 41.4 Å². The van der Waals surface area contributed by atoms with Crippen LogP contribution in [0.5, 0.6) is 0 Å². The summed E-state index contributed by atoms with van der Waals surface area (Å²) in [7, 11) is 0. The molecule has 70 valence electrons. The summed E-state index contributed by atoms with van der Waals surface area (Å²) in [5.41, 5.74) is 2.10. The van der Waals surface area contributed by atoms with Crippen LogP contribution < -0.4 is 0 Å². The monoisotopic (exact) mass is 197 g/mol. The van der Waals surface area contributed by atoms with E-state index < -0.39 is 5.95 Å². The van der Waals surface area contributed by atoms with Crippen LogP contribution in [0, 0.1) is 5.95 Å². The summed E-state index contributed by atoms with van der Waals surface area (Å²) in [4.78, 5) is 3.59. The Morgan fingerprint density at radius 2 is 2.38 bits per heavy atom. The summed E-state index contributed by atoms with van der Waals surface area (Å²) in [6.45, 7) is 4.09. The van der Waals surface area contributed by atoms with Crippen molar-refractivity contribution in [1.29, 1.82) is 0 Å². The van der Waals surface area contributed by atoms with Crippen molar-refractivity contribution in [1.82, 2.24) is 4.98 Å². The van der Waals surface area contributed by atoms with E-state index in [4.69, 9.17) is 0 Å². The highest BCUT2D eigenvalue weighted by Crippen LogP contribution is 2.16. The van der Waals surface area contributed by atoms with Gasteiger partial charge in [-0.3, -0.25) is 0 Å². The van der Waals surface area contributed by atoms with E-state index in [0.717, 1.165) is 16.9 Å². The summed E-state index contributed by atoms with van der Waals surface area (Å²) < 4.78 is 12.5. The van der Waals surface area contributed by atoms with Crippen molar-refractivity contribution in [2.75, 3.05) is 5.75 Å². The summed E-state index contributed by atoms with van der Waals surface area (Å²) in [6, 6.07) is 3.12. The van der Waals surface area contributed by atoms with Crippen molar-refractivity contribution in [2.24, 2.45) is 0 Å². The Morgan fingerprint density at radius 1 is 1.62 bits per heavy atom. The van der Waals surface area contributed by atoms with Gasteiger partial charge in [-0.25, -0.2) is 4.98 Å². The molecular weight excluding hydrogens is 185 g/mol. The zero-order valence-corrected chi connectivity index (χ0v) is 8.57. The second kappa shape index (κ2) is 5.02. The van der Waals surface area contributed by atoms with Crippen molar-refractivity contribution in [3.05, 3.63) is 35.2 Å². The number of pyridine rings is 1. The lowest BCUT2D eigenvalue weighted by Crippen LogP contribution is -1.84. The van der Waals surface area contributed by atoms with Gasteiger partial charge in [0, 0.05) is 6.20 Å². The predicted octanol–water partition coefficient (Wildman–Crippen LogP) is 3.33. The number of rotatable bonds is 3. The van der Waals surface area contributed by atoms with Crippen LogP contribution >= 0.6 is 11.8 Å². The van der Waals surface area contributed by atoms with Crippen LogP contribution in [0.25, 0.3) is 5.57 Å². The zero-order valence-electron chi connectivity index (χ0n) is 7.75. The number of nitrogens with zero attached hydrogens (tertiary/aromatic N) is 1. The van der Waals surface area contributed by atoms with Crippen LogP contribution in [-0.2, 0) is 0 Å². The first-order valence-electron chi connectivity index (χ1n) is 4.14. The molecule has 0 bridgehead atoms. The van der Waals surface area contributed by atoms with E-state index in [-0.39, 0.29) is 0 Å². The summed E-state index contributed by atoms with van der Waals surface area (Å²) >= 11 is 1.73. The van der Waals surface area contributed by atoms with Gasteiger partial charge >= 0.3 is 0 Å². The van der Waals surface area contributed by atoms with Crippen LogP contribution in [0.1, 0.15) is 19.4 Å². The van der Waals surface area contributed by atoms with Crippen LogP contribution in [0.3, 0.4) is 0 Å². The van der Waals surface area contributed by atoms with Gasteiger partial charge in [0.15, 0.2) is 0 Å². The largest absolute Gasteiger partial charge is 0.228 e. The fourth-order valence-corrected chi connectivity index (χ4v) is 1.44. The van der Waals surface area contributed by atoms with Gasteiger partial charge in [0.05, 0.1) is 0 Å². The van der Waals surface area contributed by atoms with Crippen molar-refractivity contribution < 1.29 is 4.39 Å². The van der Waals surface area contributed by atoms with Gasteiger partial charge in [0.1, 0.15) is 0 Å². The Kier molecular flexibility index (Phi) is 3.96. The minimum absolute atomic E-state index is 0.431. The molecule has 0 unspecified atom stereocenters. The molecule has 0 aromatic carbocycles. The maximum Gasteiger partial charge on any atom is 0.212 e. The highest BCUT2D eigenvalue weighted by atomic mass is 32.2. The molecule has 1 nitrogen and oxygen atoms in total. The van der Waals surface area contributed by atoms with Gasteiger partial charge < -0.3 is 0 Å². The third-order valence-corrected chi connectivity index (χ3v) is 2.46. The molecule has 13 heavy (non-hydrogen) atoms. The Labute approximate surface area is 82.1 Å². The minimum Gasteiger partial charge on any atom is -0.228 e. The third kappa shape index (κ3) is 3.19. The normalized spacial score (nSPS) is 11.8. The average Bonchev–Trinajstić information content (AvgIpc) is 2.15. The maximum atomic E-state index is 12.5. The molecule has 0 aliphatic rings. The van der Waals surface area contributed by atoms with Crippen molar-refractivity contribution >= 4 is 17.3 Å². The van der Waals surface area contributed by atoms with E-state index in [1.54, 1.807) is 24.0 Å². The average molecular weight is 197 g/mol. The summed E-state index contributed by atoms with van der Waals surface area (Å²) in [5, 5.41) is 2.06. The standard InChI is InChI=1S/C10H12FNS/c1-3-13-7-8(2)9-4-5-10(11)12-6-9/h4-7H,3H2,1-2H3/b8-7+. The Bertz CT molecular complexity index is 292. The second-order valence-electron chi connectivity index (χ2n) is 2.63. The van der Waals surface area contributed by atoms with Crippen molar-refractivity contribution in [3.63, 3.8) is 0 Å². The van der Waals surface area contributed by atoms with Gasteiger partial charge in [0.25, 0.3) is 0 Å². The van der Waals surface area contributed by atoms with Gasteiger partial charge in [-0.15, -0.1) is 11.8 Å². The van der Waals surface area contributed by atoms with Gasteiger partial charge in [0.2, 0.25) is 5.95 Å². The van der Waals surface area contributed by atoms with Crippen LogP contribution in [-0.4, -0.2) is 10.7 Å². The molecule has 0 saturated carbocycles. The Balaban J connectivity index is 2.77. The SMILES string of the molecule is CCS/C=C(\C)c1ccc(F)nc1. The molecule has 0 saturated heterocycles. The smallest absolute Gasteiger partial charge is 0.212 e. The Hall–Kier alpha value is -0.830. The number of hydrogen-bond donors (Lipinski definition) is 0. The van der Waals surface area contributed by atoms with Crippen LogP contribution in [0.2, 0.25) is 0 Å². The van der Waals surface area contributed by atoms with E-state index in [2.05, 4.69) is 17.3 Å². The first kappa shape index (κ1) is 10.3. The maximum absolute atomic E-state index is 12.5. The molecule has 0 amide bonds. The number of halogens is 1. The molecule has 0 spiro atoms. The molecule has 3 heteroatoms. The summed E-state index contributed by atoms with van der Waals surface area (Å²) in [5.74, 6) is 0.617. The number of aromatic nitrogens is 1. The third-order valence-electron chi connectivity index (χ3n) is 1.61. The molecule has 0 aliphatic heterocycles. The fraction of sp³-hybridized carbons (Fsp3) is 0.300. The highest BCUT2D eigenvalue weighted by molar-refractivity contribution is 8.02. The zero-order chi connectivity index (χ0) is 9.68. The highest BCUT2D eigenvalue weighted by Gasteiger charge is 1.96. The van der Waals surface area contributed by atoms with Crippen LogP contribution in [0.4, 0.5) is 4.39 Å². The van der Waals surface area contributed by atoms with Gasteiger partial charge in [-0.1, -0.05) is 6.92 Å². The number of hydrogen-bond acceptors (Lipinski definition) is 2. The van der Waals surface area contributed by atoms with Crippen molar-refractivity contribution in [2.45, 2.75) is 13.8 Å². The van der Waals surface area contributed by atoms with E-state index in [1.165, 1.54) is 6.07 Å². The molecule has 0 fully saturated rings. The quantitative estimate of drug-likeness (QED) is 0.689. The number of thioether (sulfide) groups is 1. The summed E-state index contributed by atoms with van der Waals surface area (Å²) in [6.07, 6.45) is 1.55. The minimum atomic E-state index is -0.431. The topological polar surface area (TPSA) is 12.9 Å². The Morgan fingerprint density at radius 3 is 2.92 bits per heavy atom. The fourth-order valence-electron chi connectivity index (χ4n) is 0.885. The molecule has 0 N–H and O–H groups in total. The van der Waals surface area contributed by atoms with E-state index in [9.17, 15) is 4.39 Å². The lowest BCUT2D eigenvalue weighted by Gasteiger charge is -1.99. The predicted molar refractivity (Wildman–Crippen MR) is 56.0 cm³/mol.